The van der Waals surface area contributed by atoms with E-state index >= 15 is 0 Å². The maximum atomic E-state index is 12.3. The first-order chi connectivity index (χ1) is 15.2. The summed E-state index contributed by atoms with van der Waals surface area (Å²) in [7, 11) is 1.59. The van der Waals surface area contributed by atoms with Gasteiger partial charge >= 0.3 is 6.03 Å². The van der Waals surface area contributed by atoms with Crippen LogP contribution in [0.4, 0.5) is 4.79 Å². The van der Waals surface area contributed by atoms with Gasteiger partial charge in [-0.2, -0.15) is 0 Å². The van der Waals surface area contributed by atoms with Crippen LogP contribution < -0.4 is 10.6 Å². The number of fused-ring (bicyclic) bond motifs is 1. The van der Waals surface area contributed by atoms with E-state index < -0.39 is 6.04 Å². The molecule has 1 aromatic carbocycles. The first-order valence-corrected chi connectivity index (χ1v) is 11.5. The van der Waals surface area contributed by atoms with E-state index in [1.807, 2.05) is 24.4 Å². The highest BCUT2D eigenvalue weighted by molar-refractivity contribution is 7.09. The summed E-state index contributed by atoms with van der Waals surface area (Å²) in [5.74, 6) is 0.621. The number of benzene rings is 1. The molecular formula is C23H25ClN6OS. The minimum Gasteiger partial charge on any atom is -0.341 e. The van der Waals surface area contributed by atoms with Crippen molar-refractivity contribution in [2.45, 2.75) is 40.7 Å². The Labute approximate surface area is 195 Å². The summed E-state index contributed by atoms with van der Waals surface area (Å²) >= 11 is 7.77. The standard InChI is InChI=1S/C23H25ClN6OS/c1-11-9-16(24)10-12(2)20(11)30-14(4)13(3)17-18(27-15(5)28-21(17)30)19(29-23(31)25-6)22-26-7-8-32-22/h7-10,19H,1-6H3,(H2,25,29,31). The molecule has 3 heterocycles. The molecule has 32 heavy (non-hydrogen) atoms. The second-order valence-electron chi connectivity index (χ2n) is 7.82. The van der Waals surface area contributed by atoms with E-state index in [0.717, 1.165) is 49.8 Å². The topological polar surface area (TPSA) is 84.7 Å². The minimum absolute atomic E-state index is 0.298. The molecule has 7 nitrogen and oxygen atoms in total. The van der Waals surface area contributed by atoms with Gasteiger partial charge in [0.2, 0.25) is 0 Å². The van der Waals surface area contributed by atoms with E-state index in [0.29, 0.717) is 10.8 Å². The van der Waals surface area contributed by atoms with Crippen LogP contribution in [0.15, 0.2) is 23.7 Å². The fourth-order valence-corrected chi connectivity index (χ4v) is 5.19. The molecular weight excluding hydrogens is 444 g/mol. The van der Waals surface area contributed by atoms with E-state index in [4.69, 9.17) is 21.6 Å². The number of hydrogen-bond acceptors (Lipinski definition) is 5. The Hall–Kier alpha value is -2.97. The second kappa shape index (κ2) is 8.52. The van der Waals surface area contributed by atoms with Gasteiger partial charge in [-0.1, -0.05) is 11.6 Å². The number of halogens is 1. The Morgan fingerprint density at radius 3 is 2.41 bits per heavy atom. The molecule has 2 amide bonds. The molecule has 9 heteroatoms. The third kappa shape index (κ3) is 3.73. The number of aromatic nitrogens is 4. The number of aryl methyl sites for hydroxylation is 4. The zero-order valence-electron chi connectivity index (χ0n) is 18.9. The highest BCUT2D eigenvalue weighted by Crippen LogP contribution is 2.36. The molecule has 1 atom stereocenters. The highest BCUT2D eigenvalue weighted by Gasteiger charge is 2.28. The molecule has 0 saturated carbocycles. The molecule has 3 aromatic heterocycles. The van der Waals surface area contributed by atoms with Crippen molar-refractivity contribution in [1.29, 1.82) is 0 Å². The van der Waals surface area contributed by atoms with Crippen LogP contribution in [0.5, 0.6) is 0 Å². The van der Waals surface area contributed by atoms with Gasteiger partial charge in [0, 0.05) is 34.7 Å². The van der Waals surface area contributed by atoms with Crippen molar-refractivity contribution < 1.29 is 4.79 Å². The van der Waals surface area contributed by atoms with Crippen molar-refractivity contribution in [2.75, 3.05) is 7.05 Å². The second-order valence-corrected chi connectivity index (χ2v) is 9.18. The molecule has 0 aliphatic rings. The van der Waals surface area contributed by atoms with E-state index in [9.17, 15) is 4.79 Å². The summed E-state index contributed by atoms with van der Waals surface area (Å²) in [6.07, 6.45) is 1.73. The number of hydrogen-bond donors (Lipinski definition) is 2. The number of urea groups is 1. The Kier molecular flexibility index (Phi) is 5.92. The fourth-order valence-electron chi connectivity index (χ4n) is 4.17. The van der Waals surface area contributed by atoms with Gasteiger partial charge in [-0.3, -0.25) is 4.57 Å². The SMILES string of the molecule is CNC(=O)NC(c1nccs1)c1nc(C)nc2c1c(C)c(C)n2-c1c(C)cc(Cl)cc1C. The molecule has 0 spiro atoms. The Balaban J connectivity index is 2.05. The van der Waals surface area contributed by atoms with Crippen LogP contribution in [0.1, 0.15) is 45.0 Å². The zero-order chi connectivity index (χ0) is 23.2. The van der Waals surface area contributed by atoms with E-state index in [2.05, 4.69) is 47.9 Å². The van der Waals surface area contributed by atoms with Crippen LogP contribution in [-0.2, 0) is 0 Å². The van der Waals surface area contributed by atoms with Crippen LogP contribution in [0, 0.1) is 34.6 Å². The van der Waals surface area contributed by atoms with Gasteiger partial charge in [0.15, 0.2) is 0 Å². The fraction of sp³-hybridized carbons (Fsp3) is 0.304. The molecule has 0 radical (unpaired) electrons. The molecule has 4 aromatic rings. The third-order valence-corrected chi connectivity index (χ3v) is 6.71. The summed E-state index contributed by atoms with van der Waals surface area (Å²) in [6.45, 7) is 10.1. The normalized spacial score (nSPS) is 12.2. The lowest BCUT2D eigenvalue weighted by atomic mass is 10.1. The average molecular weight is 469 g/mol. The van der Waals surface area contributed by atoms with Crippen LogP contribution in [0.25, 0.3) is 16.7 Å². The monoisotopic (exact) mass is 468 g/mol. The van der Waals surface area contributed by atoms with E-state index in [1.54, 1.807) is 13.2 Å². The number of nitrogens with zero attached hydrogens (tertiary/aromatic N) is 4. The first-order valence-electron chi connectivity index (χ1n) is 10.2. The lowest BCUT2D eigenvalue weighted by molar-refractivity contribution is 0.240. The lowest BCUT2D eigenvalue weighted by Gasteiger charge is -2.18. The van der Waals surface area contributed by atoms with Crippen LogP contribution in [-0.4, -0.2) is 32.6 Å². The van der Waals surface area contributed by atoms with Crippen molar-refractivity contribution in [3.8, 4) is 5.69 Å². The lowest BCUT2D eigenvalue weighted by Crippen LogP contribution is -2.36. The molecule has 0 fully saturated rings. The summed E-state index contributed by atoms with van der Waals surface area (Å²) in [5, 5.41) is 9.92. The summed E-state index contributed by atoms with van der Waals surface area (Å²) in [4.78, 5) is 26.4. The molecule has 0 bridgehead atoms. The van der Waals surface area contributed by atoms with Crippen molar-refractivity contribution in [3.05, 3.63) is 67.6 Å². The molecule has 2 N–H and O–H groups in total. The Morgan fingerprint density at radius 2 is 1.81 bits per heavy atom. The van der Waals surface area contributed by atoms with Gasteiger partial charge in [0.25, 0.3) is 0 Å². The maximum absolute atomic E-state index is 12.3. The average Bonchev–Trinajstić information content (AvgIpc) is 3.34. The number of amides is 2. The first kappa shape index (κ1) is 22.2. The number of carbonyl (C=O) groups excluding carboxylic acids is 1. The predicted octanol–water partition coefficient (Wildman–Crippen LogP) is 5.09. The predicted molar refractivity (Wildman–Crippen MR) is 129 cm³/mol. The molecule has 1 unspecified atom stereocenters. The number of carbonyl (C=O) groups is 1. The van der Waals surface area contributed by atoms with Crippen molar-refractivity contribution in [1.82, 2.24) is 30.2 Å². The number of nitrogens with one attached hydrogen (secondary N) is 2. The summed E-state index contributed by atoms with van der Waals surface area (Å²) in [6, 6.07) is 3.13. The molecule has 166 valence electrons. The van der Waals surface area contributed by atoms with Gasteiger partial charge in [-0.05, 0) is 63.4 Å². The zero-order valence-corrected chi connectivity index (χ0v) is 20.4. The molecule has 0 aliphatic heterocycles. The number of rotatable bonds is 4. The Bertz CT molecular complexity index is 1310. The maximum Gasteiger partial charge on any atom is 0.315 e. The molecule has 0 aliphatic carbocycles. The third-order valence-electron chi connectivity index (χ3n) is 5.65. The van der Waals surface area contributed by atoms with E-state index in [-0.39, 0.29) is 6.03 Å². The smallest absolute Gasteiger partial charge is 0.315 e. The largest absolute Gasteiger partial charge is 0.341 e. The molecule has 4 rings (SSSR count). The van der Waals surface area contributed by atoms with Gasteiger partial charge < -0.3 is 10.6 Å². The van der Waals surface area contributed by atoms with Gasteiger partial charge in [-0.25, -0.2) is 19.7 Å². The van der Waals surface area contributed by atoms with Crippen LogP contribution in [0.2, 0.25) is 5.02 Å². The van der Waals surface area contributed by atoms with E-state index in [1.165, 1.54) is 11.3 Å². The van der Waals surface area contributed by atoms with Gasteiger partial charge in [0.05, 0.1) is 11.4 Å². The van der Waals surface area contributed by atoms with Crippen molar-refractivity contribution in [3.63, 3.8) is 0 Å². The minimum atomic E-state index is -0.500. The summed E-state index contributed by atoms with van der Waals surface area (Å²) in [5.41, 5.74) is 6.84. The quantitative estimate of drug-likeness (QED) is 0.436. The van der Waals surface area contributed by atoms with Crippen LogP contribution in [0.3, 0.4) is 0 Å². The number of thiazole rings is 1. The van der Waals surface area contributed by atoms with Gasteiger partial charge in [-0.15, -0.1) is 11.3 Å². The Morgan fingerprint density at radius 1 is 1.12 bits per heavy atom. The van der Waals surface area contributed by atoms with Crippen LogP contribution >= 0.6 is 22.9 Å². The highest BCUT2D eigenvalue weighted by atomic mass is 35.5. The van der Waals surface area contributed by atoms with Crippen molar-refractivity contribution >= 4 is 40.0 Å². The molecule has 0 saturated heterocycles. The van der Waals surface area contributed by atoms with Gasteiger partial charge in [0.1, 0.15) is 22.5 Å². The van der Waals surface area contributed by atoms with Crippen molar-refractivity contribution in [2.24, 2.45) is 0 Å². The summed E-state index contributed by atoms with van der Waals surface area (Å²) < 4.78 is 2.17.